The first kappa shape index (κ1) is 10.4. The first-order chi connectivity index (χ1) is 7.29. The molecule has 4 heteroatoms. The maximum atomic E-state index is 5.81. The van der Waals surface area contributed by atoms with Gasteiger partial charge in [-0.2, -0.15) is 5.10 Å². The molecule has 1 aliphatic carbocycles. The van der Waals surface area contributed by atoms with Gasteiger partial charge < -0.3 is 10.5 Å². The molecule has 1 aliphatic rings. The normalized spacial score (nSPS) is 25.5. The quantitative estimate of drug-likeness (QED) is 0.811. The minimum Gasteiger partial charge on any atom is -0.473 e. The smallest absolute Gasteiger partial charge is 0.233 e. The van der Waals surface area contributed by atoms with Crippen molar-refractivity contribution in [3.05, 3.63) is 17.8 Å². The summed E-state index contributed by atoms with van der Waals surface area (Å²) < 4.78 is 5.81. The van der Waals surface area contributed by atoms with E-state index < -0.39 is 0 Å². The van der Waals surface area contributed by atoms with Gasteiger partial charge in [0, 0.05) is 12.0 Å². The maximum absolute atomic E-state index is 5.81. The fraction of sp³-hybridized carbons (Fsp3) is 0.636. The van der Waals surface area contributed by atoms with Crippen LogP contribution in [-0.4, -0.2) is 22.8 Å². The third kappa shape index (κ3) is 2.45. The van der Waals surface area contributed by atoms with Crippen LogP contribution in [0.25, 0.3) is 0 Å². The zero-order chi connectivity index (χ0) is 10.7. The lowest BCUT2D eigenvalue weighted by Crippen LogP contribution is -2.28. The first-order valence-electron chi connectivity index (χ1n) is 5.45. The van der Waals surface area contributed by atoms with E-state index in [0.717, 1.165) is 12.0 Å². The highest BCUT2D eigenvalue weighted by Crippen LogP contribution is 2.28. The van der Waals surface area contributed by atoms with Crippen molar-refractivity contribution in [1.29, 1.82) is 0 Å². The van der Waals surface area contributed by atoms with Gasteiger partial charge in [-0.25, -0.2) is 0 Å². The molecule has 0 aliphatic heterocycles. The Labute approximate surface area is 89.8 Å². The van der Waals surface area contributed by atoms with Crippen molar-refractivity contribution in [1.82, 2.24) is 10.2 Å². The van der Waals surface area contributed by atoms with Crippen LogP contribution >= 0.6 is 0 Å². The van der Waals surface area contributed by atoms with Gasteiger partial charge in [0.1, 0.15) is 6.10 Å². The van der Waals surface area contributed by atoms with Gasteiger partial charge in [0.25, 0.3) is 0 Å². The molecule has 1 aromatic heterocycles. The SMILES string of the molecule is Cc1cnnc(OC2CCCC2CN)c1. The lowest BCUT2D eigenvalue weighted by atomic mass is 10.1. The van der Waals surface area contributed by atoms with Gasteiger partial charge in [-0.15, -0.1) is 5.10 Å². The van der Waals surface area contributed by atoms with E-state index >= 15 is 0 Å². The molecule has 0 saturated heterocycles. The Balaban J connectivity index is 2.02. The van der Waals surface area contributed by atoms with Crippen molar-refractivity contribution < 1.29 is 4.74 Å². The molecule has 1 saturated carbocycles. The minimum absolute atomic E-state index is 0.228. The van der Waals surface area contributed by atoms with E-state index in [1.807, 2.05) is 13.0 Å². The Morgan fingerprint density at radius 3 is 3.13 bits per heavy atom. The first-order valence-corrected chi connectivity index (χ1v) is 5.45. The monoisotopic (exact) mass is 207 g/mol. The lowest BCUT2D eigenvalue weighted by Gasteiger charge is -2.18. The van der Waals surface area contributed by atoms with E-state index in [4.69, 9.17) is 10.5 Å². The molecule has 1 fully saturated rings. The predicted octanol–water partition coefficient (Wildman–Crippen LogP) is 1.29. The van der Waals surface area contributed by atoms with E-state index in [9.17, 15) is 0 Å². The van der Waals surface area contributed by atoms with Crippen LogP contribution in [0.5, 0.6) is 5.88 Å². The van der Waals surface area contributed by atoms with Crippen LogP contribution in [0.2, 0.25) is 0 Å². The average molecular weight is 207 g/mol. The van der Waals surface area contributed by atoms with Crippen molar-refractivity contribution in [3.8, 4) is 5.88 Å². The molecule has 2 atom stereocenters. The van der Waals surface area contributed by atoms with E-state index in [1.165, 1.54) is 12.8 Å². The maximum Gasteiger partial charge on any atom is 0.233 e. The summed E-state index contributed by atoms with van der Waals surface area (Å²) in [5, 5.41) is 7.83. The van der Waals surface area contributed by atoms with Crippen molar-refractivity contribution in [2.24, 2.45) is 11.7 Å². The van der Waals surface area contributed by atoms with Crippen LogP contribution in [0.4, 0.5) is 0 Å². The van der Waals surface area contributed by atoms with Crippen LogP contribution in [0.1, 0.15) is 24.8 Å². The van der Waals surface area contributed by atoms with Gasteiger partial charge in [0.15, 0.2) is 0 Å². The second-order valence-electron chi connectivity index (χ2n) is 4.15. The molecule has 82 valence electrons. The molecule has 2 unspecified atom stereocenters. The average Bonchev–Trinajstić information content (AvgIpc) is 2.65. The van der Waals surface area contributed by atoms with Crippen molar-refractivity contribution in [2.75, 3.05) is 6.54 Å². The third-order valence-corrected chi connectivity index (χ3v) is 2.93. The Hall–Kier alpha value is -1.16. The van der Waals surface area contributed by atoms with E-state index in [0.29, 0.717) is 18.3 Å². The third-order valence-electron chi connectivity index (χ3n) is 2.93. The molecule has 2 N–H and O–H groups in total. The second kappa shape index (κ2) is 4.57. The number of aromatic nitrogens is 2. The van der Waals surface area contributed by atoms with Gasteiger partial charge in [0.2, 0.25) is 5.88 Å². The summed E-state index contributed by atoms with van der Waals surface area (Å²) >= 11 is 0. The number of nitrogens with two attached hydrogens (primary N) is 1. The zero-order valence-corrected chi connectivity index (χ0v) is 9.02. The Morgan fingerprint density at radius 1 is 1.53 bits per heavy atom. The molecule has 1 aromatic rings. The summed E-state index contributed by atoms with van der Waals surface area (Å²) in [6.45, 7) is 2.68. The Kier molecular flexibility index (Phi) is 3.16. The van der Waals surface area contributed by atoms with Gasteiger partial charge in [-0.05, 0) is 38.3 Å². The van der Waals surface area contributed by atoms with Crippen LogP contribution in [0, 0.1) is 12.8 Å². The number of nitrogens with zero attached hydrogens (tertiary/aromatic N) is 2. The predicted molar refractivity (Wildman–Crippen MR) is 57.6 cm³/mol. The highest BCUT2D eigenvalue weighted by Gasteiger charge is 2.28. The molecule has 4 nitrogen and oxygen atoms in total. The van der Waals surface area contributed by atoms with E-state index in [2.05, 4.69) is 10.2 Å². The lowest BCUT2D eigenvalue weighted by molar-refractivity contribution is 0.154. The van der Waals surface area contributed by atoms with Gasteiger partial charge in [-0.3, -0.25) is 0 Å². The number of rotatable bonds is 3. The molecule has 0 radical (unpaired) electrons. The van der Waals surface area contributed by atoms with Gasteiger partial charge >= 0.3 is 0 Å². The van der Waals surface area contributed by atoms with Crippen LogP contribution < -0.4 is 10.5 Å². The molecular formula is C11H17N3O. The summed E-state index contributed by atoms with van der Waals surface area (Å²) in [5.41, 5.74) is 6.76. The number of ether oxygens (including phenoxy) is 1. The second-order valence-corrected chi connectivity index (χ2v) is 4.15. The molecule has 0 bridgehead atoms. The molecular weight excluding hydrogens is 190 g/mol. The summed E-state index contributed by atoms with van der Waals surface area (Å²) in [4.78, 5) is 0. The highest BCUT2D eigenvalue weighted by molar-refractivity contribution is 5.15. The Morgan fingerprint density at radius 2 is 2.40 bits per heavy atom. The Bertz CT molecular complexity index is 329. The molecule has 0 spiro atoms. The largest absolute Gasteiger partial charge is 0.473 e. The summed E-state index contributed by atoms with van der Waals surface area (Å²) in [6.07, 6.45) is 5.40. The summed E-state index contributed by atoms with van der Waals surface area (Å²) in [5.74, 6) is 1.10. The van der Waals surface area contributed by atoms with Gasteiger partial charge in [0.05, 0.1) is 6.20 Å². The molecule has 15 heavy (non-hydrogen) atoms. The fourth-order valence-corrected chi connectivity index (χ4v) is 2.08. The minimum atomic E-state index is 0.228. The number of hydrogen-bond donors (Lipinski definition) is 1. The van der Waals surface area contributed by atoms with Crippen LogP contribution in [-0.2, 0) is 0 Å². The van der Waals surface area contributed by atoms with Crippen LogP contribution in [0.15, 0.2) is 12.3 Å². The van der Waals surface area contributed by atoms with Crippen molar-refractivity contribution in [3.63, 3.8) is 0 Å². The van der Waals surface area contributed by atoms with E-state index in [-0.39, 0.29) is 6.10 Å². The summed E-state index contributed by atoms with van der Waals surface area (Å²) in [7, 11) is 0. The van der Waals surface area contributed by atoms with Gasteiger partial charge in [-0.1, -0.05) is 0 Å². The van der Waals surface area contributed by atoms with Crippen molar-refractivity contribution >= 4 is 0 Å². The standard InChI is InChI=1S/C11H17N3O/c1-8-5-11(14-13-7-8)15-10-4-2-3-9(10)6-12/h5,7,9-10H,2-4,6,12H2,1H3. The van der Waals surface area contributed by atoms with E-state index in [1.54, 1.807) is 6.20 Å². The molecule has 2 rings (SSSR count). The molecule has 1 heterocycles. The number of aryl methyl sites for hydroxylation is 1. The summed E-state index contributed by atoms with van der Waals surface area (Å²) in [6, 6.07) is 1.92. The molecule has 0 amide bonds. The molecule has 0 aromatic carbocycles. The fourth-order valence-electron chi connectivity index (χ4n) is 2.08. The highest BCUT2D eigenvalue weighted by atomic mass is 16.5. The van der Waals surface area contributed by atoms with Crippen LogP contribution in [0.3, 0.4) is 0 Å². The topological polar surface area (TPSA) is 61.0 Å². The number of hydrogen-bond acceptors (Lipinski definition) is 4. The zero-order valence-electron chi connectivity index (χ0n) is 9.02. The van der Waals surface area contributed by atoms with Crippen molar-refractivity contribution in [2.45, 2.75) is 32.3 Å².